The number of carbonyl (C=O) groups excluding carboxylic acids is 1. The van der Waals surface area contributed by atoms with Gasteiger partial charge in [0.1, 0.15) is 0 Å². The van der Waals surface area contributed by atoms with Gasteiger partial charge in [0.25, 0.3) is 0 Å². The van der Waals surface area contributed by atoms with E-state index in [1.807, 2.05) is 0 Å². The second-order valence-corrected chi connectivity index (χ2v) is 10.8. The van der Waals surface area contributed by atoms with E-state index in [-0.39, 0.29) is 17.0 Å². The molecule has 0 aliphatic carbocycles. The molecule has 4 nitrogen and oxygen atoms in total. The van der Waals surface area contributed by atoms with Gasteiger partial charge in [-0.1, -0.05) is 20.8 Å². The Labute approximate surface area is 99.1 Å². The molecule has 1 rings (SSSR count). The summed E-state index contributed by atoms with van der Waals surface area (Å²) in [5, 5.41) is 2.98. The van der Waals surface area contributed by atoms with Crippen LogP contribution in [-0.4, -0.2) is 32.9 Å². The Kier molecular flexibility index (Phi) is 3.82. The van der Waals surface area contributed by atoms with Gasteiger partial charge in [0, 0.05) is 6.54 Å². The second kappa shape index (κ2) is 4.47. The highest BCUT2D eigenvalue weighted by Crippen LogP contribution is 2.37. The summed E-state index contributed by atoms with van der Waals surface area (Å²) in [5.74, 6) is -0.0601. The number of amides is 1. The third kappa shape index (κ3) is 3.05. The molecule has 0 aromatic heterocycles. The highest BCUT2D eigenvalue weighted by Gasteiger charge is 2.40. The molecule has 0 radical (unpaired) electrons. The van der Waals surface area contributed by atoms with E-state index < -0.39 is 14.4 Å². The summed E-state index contributed by atoms with van der Waals surface area (Å²) in [4.78, 5) is 11.2. The summed E-state index contributed by atoms with van der Waals surface area (Å²) in [5.41, 5.74) is 5.72. The van der Waals surface area contributed by atoms with Gasteiger partial charge in [0.05, 0.1) is 12.1 Å². The third-order valence-corrected chi connectivity index (χ3v) is 8.16. The molecule has 1 aliphatic heterocycles. The van der Waals surface area contributed by atoms with Crippen LogP contribution in [0.15, 0.2) is 0 Å². The van der Waals surface area contributed by atoms with E-state index in [1.165, 1.54) is 0 Å². The lowest BCUT2D eigenvalue weighted by Gasteiger charge is -2.41. The van der Waals surface area contributed by atoms with E-state index in [0.717, 1.165) is 0 Å². The highest BCUT2D eigenvalue weighted by atomic mass is 28.4. The molecule has 1 saturated heterocycles. The van der Waals surface area contributed by atoms with Gasteiger partial charge in [-0.15, -0.1) is 0 Å². The van der Waals surface area contributed by atoms with Crippen molar-refractivity contribution in [1.82, 2.24) is 5.32 Å². The third-order valence-electron chi connectivity index (χ3n) is 3.63. The molecule has 3 N–H and O–H groups in total. The summed E-state index contributed by atoms with van der Waals surface area (Å²) in [7, 11) is -1.75. The normalized spacial score (nSPS) is 27.8. The lowest BCUT2D eigenvalue weighted by atomic mass is 10.1. The maximum absolute atomic E-state index is 11.2. The Balaban J connectivity index is 2.59. The zero-order valence-corrected chi connectivity index (χ0v) is 12.0. The van der Waals surface area contributed by atoms with Crippen molar-refractivity contribution in [3.63, 3.8) is 0 Å². The van der Waals surface area contributed by atoms with Gasteiger partial charge in [0.2, 0.25) is 5.91 Å². The topological polar surface area (TPSA) is 64.3 Å². The molecule has 0 aromatic carbocycles. The van der Waals surface area contributed by atoms with Crippen molar-refractivity contribution in [2.75, 3.05) is 6.54 Å². The summed E-state index contributed by atoms with van der Waals surface area (Å²) >= 11 is 0. The minimum atomic E-state index is -1.75. The Bertz CT molecular complexity index is 274. The van der Waals surface area contributed by atoms with Crippen LogP contribution in [0.5, 0.6) is 0 Å². The van der Waals surface area contributed by atoms with E-state index in [0.29, 0.717) is 13.0 Å². The number of rotatable bonds is 2. The first-order chi connectivity index (χ1) is 7.13. The lowest BCUT2D eigenvalue weighted by Crippen LogP contribution is -2.55. The van der Waals surface area contributed by atoms with Gasteiger partial charge in [-0.05, 0) is 24.6 Å². The number of piperidine rings is 1. The molecule has 1 amide bonds. The minimum Gasteiger partial charge on any atom is -0.412 e. The number of hydrogen-bond acceptors (Lipinski definition) is 3. The quantitative estimate of drug-likeness (QED) is 0.718. The van der Waals surface area contributed by atoms with E-state index in [2.05, 4.69) is 39.2 Å². The monoisotopic (exact) mass is 244 g/mol. The molecule has 0 spiro atoms. The van der Waals surface area contributed by atoms with Crippen LogP contribution in [0.4, 0.5) is 0 Å². The first kappa shape index (κ1) is 13.7. The molecule has 2 atom stereocenters. The minimum absolute atomic E-state index is 0.0601. The molecule has 1 fully saturated rings. The van der Waals surface area contributed by atoms with Gasteiger partial charge in [-0.2, -0.15) is 0 Å². The van der Waals surface area contributed by atoms with E-state index >= 15 is 0 Å². The van der Waals surface area contributed by atoms with Crippen molar-refractivity contribution >= 4 is 14.2 Å². The van der Waals surface area contributed by atoms with Crippen LogP contribution in [0.25, 0.3) is 0 Å². The molecule has 0 aromatic rings. The number of nitrogens with one attached hydrogen (secondary N) is 1. The van der Waals surface area contributed by atoms with Crippen LogP contribution in [0.1, 0.15) is 27.2 Å². The molecule has 0 bridgehead atoms. The van der Waals surface area contributed by atoms with E-state index in [4.69, 9.17) is 10.2 Å². The predicted molar refractivity (Wildman–Crippen MR) is 67.7 cm³/mol. The number of nitrogens with two attached hydrogens (primary N) is 1. The largest absolute Gasteiger partial charge is 0.412 e. The lowest BCUT2D eigenvalue weighted by molar-refractivity contribution is -0.125. The smallest absolute Gasteiger partial charge is 0.237 e. The van der Waals surface area contributed by atoms with Crippen LogP contribution < -0.4 is 11.1 Å². The van der Waals surface area contributed by atoms with Crippen LogP contribution in [0.3, 0.4) is 0 Å². The van der Waals surface area contributed by atoms with E-state index in [1.54, 1.807) is 0 Å². The molecule has 1 heterocycles. The van der Waals surface area contributed by atoms with Gasteiger partial charge < -0.3 is 15.5 Å². The average Bonchev–Trinajstić information content (AvgIpc) is 2.09. The number of carbonyl (C=O) groups is 1. The van der Waals surface area contributed by atoms with E-state index in [9.17, 15) is 4.79 Å². The first-order valence-corrected chi connectivity index (χ1v) is 8.75. The van der Waals surface area contributed by atoms with Gasteiger partial charge in [0.15, 0.2) is 8.32 Å². The van der Waals surface area contributed by atoms with Crippen LogP contribution >= 0.6 is 0 Å². The summed E-state index contributed by atoms with van der Waals surface area (Å²) in [6, 6.07) is -0.413. The maximum atomic E-state index is 11.2. The van der Waals surface area contributed by atoms with Crippen LogP contribution in [0.2, 0.25) is 18.1 Å². The Morgan fingerprint density at radius 2 is 2.00 bits per heavy atom. The fourth-order valence-electron chi connectivity index (χ4n) is 1.50. The Hall–Kier alpha value is -0.393. The van der Waals surface area contributed by atoms with Crippen molar-refractivity contribution in [1.29, 1.82) is 0 Å². The van der Waals surface area contributed by atoms with Gasteiger partial charge >= 0.3 is 0 Å². The molecular weight excluding hydrogens is 220 g/mol. The standard InChI is InChI=1S/C11H24N2O2Si/c1-11(2,3)16(4,5)15-8-6-9(12)10(14)13-7-8/h8-9H,6-7,12H2,1-5H3,(H,13,14)/t8-,9-/m1/s1. The molecule has 0 saturated carbocycles. The SMILES string of the molecule is CC(C)(C)[Si](C)(C)O[C@H]1CNC(=O)[C@H](N)C1. The second-order valence-electron chi connectivity index (χ2n) is 6.09. The molecule has 1 aliphatic rings. The fraction of sp³-hybridized carbons (Fsp3) is 0.909. The fourth-order valence-corrected chi connectivity index (χ4v) is 2.87. The van der Waals surface area contributed by atoms with Crippen molar-refractivity contribution < 1.29 is 9.22 Å². The molecule has 0 unspecified atom stereocenters. The zero-order chi connectivity index (χ0) is 12.6. The maximum Gasteiger partial charge on any atom is 0.237 e. The summed E-state index contributed by atoms with van der Waals surface area (Å²) in [6.45, 7) is 11.7. The Morgan fingerprint density at radius 3 is 2.44 bits per heavy atom. The van der Waals surface area contributed by atoms with Gasteiger partial charge in [-0.3, -0.25) is 4.79 Å². The molecule has 16 heavy (non-hydrogen) atoms. The molecular formula is C11H24N2O2Si. The molecule has 5 heteroatoms. The summed E-state index contributed by atoms with van der Waals surface area (Å²) < 4.78 is 6.21. The van der Waals surface area contributed by atoms with Crippen LogP contribution in [0, 0.1) is 0 Å². The first-order valence-electron chi connectivity index (χ1n) is 5.84. The highest BCUT2D eigenvalue weighted by molar-refractivity contribution is 6.74. The van der Waals surface area contributed by atoms with Crippen molar-refractivity contribution in [2.24, 2.45) is 5.73 Å². The van der Waals surface area contributed by atoms with Crippen LogP contribution in [-0.2, 0) is 9.22 Å². The molecule has 94 valence electrons. The summed E-state index contributed by atoms with van der Waals surface area (Å²) in [6.07, 6.45) is 0.715. The van der Waals surface area contributed by atoms with Gasteiger partial charge in [-0.25, -0.2) is 0 Å². The van der Waals surface area contributed by atoms with Crippen molar-refractivity contribution in [2.45, 2.75) is 57.5 Å². The van der Waals surface area contributed by atoms with Crippen molar-refractivity contribution in [3.8, 4) is 0 Å². The number of hydrogen-bond donors (Lipinski definition) is 2. The average molecular weight is 244 g/mol. The van der Waals surface area contributed by atoms with Crippen molar-refractivity contribution in [3.05, 3.63) is 0 Å². The Morgan fingerprint density at radius 1 is 1.44 bits per heavy atom. The predicted octanol–water partition coefficient (Wildman–Crippen LogP) is 1.22. The zero-order valence-electron chi connectivity index (χ0n) is 11.0.